The molecule has 1 unspecified atom stereocenters. The van der Waals surface area contributed by atoms with Crippen LogP contribution in [0.15, 0.2) is 6.07 Å². The third-order valence-corrected chi connectivity index (χ3v) is 5.09. The maximum Gasteiger partial charge on any atom is 0.319 e. The van der Waals surface area contributed by atoms with E-state index in [0.717, 1.165) is 51.3 Å². The Bertz CT molecular complexity index is 523. The van der Waals surface area contributed by atoms with E-state index in [2.05, 4.69) is 14.9 Å². The molecule has 1 aromatic rings. The summed E-state index contributed by atoms with van der Waals surface area (Å²) in [5, 5.41) is 10.2. The van der Waals surface area contributed by atoms with E-state index in [-0.39, 0.29) is 18.7 Å². The minimum atomic E-state index is 0.0440. The van der Waals surface area contributed by atoms with Crippen molar-refractivity contribution in [2.45, 2.75) is 31.7 Å². The van der Waals surface area contributed by atoms with E-state index in [1.165, 1.54) is 7.11 Å². The highest BCUT2D eigenvalue weighted by atomic mass is 35.5. The molecule has 0 bridgehead atoms. The van der Waals surface area contributed by atoms with Crippen molar-refractivity contribution in [1.82, 2.24) is 9.97 Å². The number of nitrogens with zero attached hydrogens (tertiary/aromatic N) is 3. The second kappa shape index (κ2) is 6.56. The predicted octanol–water partition coefficient (Wildman–Crippen LogP) is 1.90. The fourth-order valence-corrected chi connectivity index (χ4v) is 3.77. The topological polar surface area (TPSA) is 67.7 Å². The number of piperidine rings is 1. The van der Waals surface area contributed by atoms with Crippen LogP contribution in [0.2, 0.25) is 5.15 Å². The second-order valence-corrected chi connectivity index (χ2v) is 6.52. The van der Waals surface area contributed by atoms with Crippen LogP contribution in [0.1, 0.15) is 25.7 Å². The van der Waals surface area contributed by atoms with Gasteiger partial charge < -0.3 is 19.5 Å². The maximum absolute atomic E-state index is 9.85. The number of methoxy groups -OCH3 is 1. The summed E-state index contributed by atoms with van der Waals surface area (Å²) in [4.78, 5) is 10.5. The van der Waals surface area contributed by atoms with Crippen LogP contribution in [0.5, 0.6) is 6.01 Å². The fourth-order valence-electron chi connectivity index (χ4n) is 3.60. The molecule has 2 aliphatic rings. The molecule has 6 nitrogen and oxygen atoms in total. The summed E-state index contributed by atoms with van der Waals surface area (Å²) in [6.45, 7) is 2.60. The zero-order chi connectivity index (χ0) is 15.6. The van der Waals surface area contributed by atoms with Gasteiger partial charge in [0.15, 0.2) is 0 Å². The summed E-state index contributed by atoms with van der Waals surface area (Å²) in [6.07, 6.45) is 4.18. The molecule has 0 saturated carbocycles. The van der Waals surface area contributed by atoms with Crippen LogP contribution in [0.4, 0.5) is 5.82 Å². The predicted molar refractivity (Wildman–Crippen MR) is 83.5 cm³/mol. The van der Waals surface area contributed by atoms with Crippen molar-refractivity contribution in [2.75, 3.05) is 38.4 Å². The van der Waals surface area contributed by atoms with Gasteiger partial charge in [-0.15, -0.1) is 0 Å². The Labute approximate surface area is 135 Å². The lowest BCUT2D eigenvalue weighted by atomic mass is 9.70. The highest BCUT2D eigenvalue weighted by molar-refractivity contribution is 6.29. The molecule has 0 aromatic carbocycles. The molecule has 3 heterocycles. The Kier molecular flexibility index (Phi) is 4.70. The monoisotopic (exact) mass is 327 g/mol. The van der Waals surface area contributed by atoms with Gasteiger partial charge in [-0.2, -0.15) is 9.97 Å². The average Bonchev–Trinajstić information content (AvgIpc) is 2.54. The van der Waals surface area contributed by atoms with Crippen LogP contribution in [0.3, 0.4) is 0 Å². The molecule has 3 rings (SSSR count). The first-order chi connectivity index (χ1) is 10.7. The first-order valence-corrected chi connectivity index (χ1v) is 8.07. The van der Waals surface area contributed by atoms with Gasteiger partial charge in [-0.05, 0) is 31.1 Å². The van der Waals surface area contributed by atoms with Crippen molar-refractivity contribution in [1.29, 1.82) is 0 Å². The van der Waals surface area contributed by atoms with Crippen LogP contribution < -0.4 is 9.64 Å². The van der Waals surface area contributed by atoms with Crippen LogP contribution in [-0.2, 0) is 4.74 Å². The molecule has 22 heavy (non-hydrogen) atoms. The smallest absolute Gasteiger partial charge is 0.319 e. The largest absolute Gasteiger partial charge is 0.467 e. The molecule has 7 heteroatoms. The lowest BCUT2D eigenvalue weighted by molar-refractivity contribution is -0.00910. The van der Waals surface area contributed by atoms with Gasteiger partial charge in [-0.1, -0.05) is 11.6 Å². The number of aliphatic hydroxyl groups is 1. The second-order valence-electron chi connectivity index (χ2n) is 6.13. The van der Waals surface area contributed by atoms with Crippen LogP contribution in [0.25, 0.3) is 0 Å². The molecule has 1 aromatic heterocycles. The SMILES string of the molecule is COc1nc(Cl)cc(N2CCC3(CCOCC3)CC2CO)n1. The summed E-state index contributed by atoms with van der Waals surface area (Å²) < 4.78 is 10.6. The number of aliphatic hydroxyl groups excluding tert-OH is 1. The number of hydrogen-bond acceptors (Lipinski definition) is 6. The molecule has 0 radical (unpaired) electrons. The summed E-state index contributed by atoms with van der Waals surface area (Å²) in [7, 11) is 1.52. The molecule has 1 N–H and O–H groups in total. The molecular weight excluding hydrogens is 306 g/mol. The van der Waals surface area contributed by atoms with Crippen LogP contribution >= 0.6 is 11.6 Å². The van der Waals surface area contributed by atoms with Crippen molar-refractivity contribution in [3.05, 3.63) is 11.2 Å². The Balaban J connectivity index is 1.81. The minimum absolute atomic E-state index is 0.0440. The van der Waals surface area contributed by atoms with Gasteiger partial charge in [0.25, 0.3) is 0 Å². The Morgan fingerprint density at radius 2 is 2.18 bits per heavy atom. The minimum Gasteiger partial charge on any atom is -0.467 e. The zero-order valence-corrected chi connectivity index (χ0v) is 13.6. The summed E-state index contributed by atoms with van der Waals surface area (Å²) in [5.41, 5.74) is 0.295. The Hall–Kier alpha value is -1.11. The van der Waals surface area contributed by atoms with Crippen LogP contribution in [0, 0.1) is 5.41 Å². The first-order valence-electron chi connectivity index (χ1n) is 7.70. The molecule has 2 aliphatic heterocycles. The fraction of sp³-hybridized carbons (Fsp3) is 0.733. The standard InChI is InChI=1S/C15H22ClN3O3/c1-21-14-17-12(16)8-13(18-14)19-5-2-15(9-11(19)10-20)3-6-22-7-4-15/h8,11,20H,2-7,9-10H2,1H3. The van der Waals surface area contributed by atoms with E-state index in [0.29, 0.717) is 10.6 Å². The third kappa shape index (κ3) is 3.14. The average molecular weight is 328 g/mol. The summed E-state index contributed by atoms with van der Waals surface area (Å²) in [6, 6.07) is 2.03. The van der Waals surface area contributed by atoms with E-state index in [1.54, 1.807) is 6.07 Å². The van der Waals surface area contributed by atoms with E-state index in [4.69, 9.17) is 21.1 Å². The number of rotatable bonds is 3. The van der Waals surface area contributed by atoms with E-state index in [9.17, 15) is 5.11 Å². The van der Waals surface area contributed by atoms with E-state index < -0.39 is 0 Å². The van der Waals surface area contributed by atoms with Gasteiger partial charge in [0.1, 0.15) is 11.0 Å². The molecular formula is C15H22ClN3O3. The lowest BCUT2D eigenvalue weighted by Crippen LogP contribution is -2.51. The van der Waals surface area contributed by atoms with Crippen LogP contribution in [-0.4, -0.2) is 54.6 Å². The summed E-state index contributed by atoms with van der Waals surface area (Å²) >= 11 is 6.04. The van der Waals surface area contributed by atoms with Crippen molar-refractivity contribution in [2.24, 2.45) is 5.41 Å². The highest BCUT2D eigenvalue weighted by Gasteiger charge is 2.41. The normalized spacial score (nSPS) is 24.5. The molecule has 122 valence electrons. The zero-order valence-electron chi connectivity index (χ0n) is 12.8. The number of hydrogen-bond donors (Lipinski definition) is 1. The molecule has 2 saturated heterocycles. The van der Waals surface area contributed by atoms with Crippen molar-refractivity contribution in [3.8, 4) is 6.01 Å². The number of anilines is 1. The number of ether oxygens (including phenoxy) is 2. The molecule has 0 amide bonds. The summed E-state index contributed by atoms with van der Waals surface area (Å²) in [5.74, 6) is 0.720. The number of halogens is 1. The third-order valence-electron chi connectivity index (χ3n) is 4.89. The van der Waals surface area contributed by atoms with Crippen molar-refractivity contribution in [3.63, 3.8) is 0 Å². The first kappa shape index (κ1) is 15.8. The van der Waals surface area contributed by atoms with Gasteiger partial charge in [0.2, 0.25) is 0 Å². The quantitative estimate of drug-likeness (QED) is 0.855. The molecule has 1 spiro atoms. The highest BCUT2D eigenvalue weighted by Crippen LogP contribution is 2.44. The van der Waals surface area contributed by atoms with Gasteiger partial charge in [-0.3, -0.25) is 0 Å². The lowest BCUT2D eigenvalue weighted by Gasteiger charge is -2.48. The van der Waals surface area contributed by atoms with Gasteiger partial charge in [0, 0.05) is 25.8 Å². The maximum atomic E-state index is 9.85. The Morgan fingerprint density at radius 1 is 1.41 bits per heavy atom. The van der Waals surface area contributed by atoms with E-state index in [1.807, 2.05) is 0 Å². The van der Waals surface area contributed by atoms with Gasteiger partial charge in [0.05, 0.1) is 19.8 Å². The van der Waals surface area contributed by atoms with Gasteiger partial charge >= 0.3 is 6.01 Å². The molecule has 0 aliphatic carbocycles. The molecule has 1 atom stereocenters. The molecule has 2 fully saturated rings. The van der Waals surface area contributed by atoms with Crippen molar-refractivity contribution >= 4 is 17.4 Å². The van der Waals surface area contributed by atoms with Gasteiger partial charge in [-0.25, -0.2) is 0 Å². The van der Waals surface area contributed by atoms with E-state index >= 15 is 0 Å². The number of aromatic nitrogens is 2. The Morgan fingerprint density at radius 3 is 2.86 bits per heavy atom. The van der Waals surface area contributed by atoms with Crippen molar-refractivity contribution < 1.29 is 14.6 Å².